The number of rotatable bonds is 6. The minimum atomic E-state index is -0.00184. The number of nitrogens with one attached hydrogen (secondary N) is 1. The van der Waals surface area contributed by atoms with Gasteiger partial charge in [0.2, 0.25) is 0 Å². The Kier molecular flexibility index (Phi) is 6.09. The maximum atomic E-state index is 5.51. The molecule has 1 aliphatic rings. The summed E-state index contributed by atoms with van der Waals surface area (Å²) < 4.78 is 5.51. The Morgan fingerprint density at radius 2 is 2.06 bits per heavy atom. The van der Waals surface area contributed by atoms with E-state index in [1.54, 1.807) is 0 Å². The Labute approximate surface area is 113 Å². The van der Waals surface area contributed by atoms with Crippen LogP contribution in [-0.2, 0) is 4.74 Å². The summed E-state index contributed by atoms with van der Waals surface area (Å²) >= 11 is 0. The topological polar surface area (TPSA) is 24.5 Å². The highest BCUT2D eigenvalue weighted by Gasteiger charge is 2.27. The maximum absolute atomic E-state index is 5.51. The van der Waals surface area contributed by atoms with E-state index in [1.807, 2.05) is 7.11 Å². The van der Waals surface area contributed by atoms with Crippen molar-refractivity contribution in [2.45, 2.75) is 65.1 Å². The quantitative estimate of drug-likeness (QED) is 0.790. The largest absolute Gasteiger partial charge is 0.379 e. The van der Waals surface area contributed by atoms with Crippen molar-refractivity contribution in [3.05, 3.63) is 0 Å². The van der Waals surface area contributed by atoms with Crippen LogP contribution in [0.25, 0.3) is 0 Å². The first-order valence-corrected chi connectivity index (χ1v) is 7.36. The molecular formula is C15H32N2O. The number of hydrogen-bond acceptors (Lipinski definition) is 3. The molecule has 3 heteroatoms. The summed E-state index contributed by atoms with van der Waals surface area (Å²) in [5, 5.41) is 3.67. The van der Waals surface area contributed by atoms with E-state index in [-0.39, 0.29) is 5.60 Å². The van der Waals surface area contributed by atoms with Crippen molar-refractivity contribution in [1.82, 2.24) is 10.2 Å². The lowest BCUT2D eigenvalue weighted by atomic mass is 9.98. The molecule has 108 valence electrons. The van der Waals surface area contributed by atoms with Gasteiger partial charge in [0.25, 0.3) is 0 Å². The Balaban J connectivity index is 2.42. The smallest absolute Gasteiger partial charge is 0.0634 e. The fourth-order valence-corrected chi connectivity index (χ4v) is 2.55. The van der Waals surface area contributed by atoms with Gasteiger partial charge in [-0.05, 0) is 39.5 Å². The molecule has 1 N–H and O–H groups in total. The molecule has 1 heterocycles. The van der Waals surface area contributed by atoms with Gasteiger partial charge in [-0.1, -0.05) is 13.8 Å². The van der Waals surface area contributed by atoms with Crippen LogP contribution in [-0.4, -0.2) is 49.3 Å². The van der Waals surface area contributed by atoms with Gasteiger partial charge < -0.3 is 10.1 Å². The summed E-state index contributed by atoms with van der Waals surface area (Å²) in [6.07, 6.45) is 2.37. The normalized spacial score (nSPS) is 26.8. The number of nitrogens with zero attached hydrogens (tertiary/aromatic N) is 1. The molecular weight excluding hydrogens is 224 g/mol. The molecule has 0 radical (unpaired) electrons. The molecule has 1 aliphatic heterocycles. The van der Waals surface area contributed by atoms with E-state index in [0.29, 0.717) is 12.1 Å². The molecule has 0 spiro atoms. The molecule has 1 saturated heterocycles. The van der Waals surface area contributed by atoms with Crippen LogP contribution in [0.2, 0.25) is 0 Å². The molecule has 3 nitrogen and oxygen atoms in total. The SMILES string of the molecule is COC(C)(C)CCN1CC(CC(C)C)NCC1C. The van der Waals surface area contributed by atoms with Gasteiger partial charge in [0.1, 0.15) is 0 Å². The Bertz CT molecular complexity index is 241. The van der Waals surface area contributed by atoms with Crippen LogP contribution >= 0.6 is 0 Å². The molecule has 0 saturated carbocycles. The van der Waals surface area contributed by atoms with Crippen molar-refractivity contribution in [1.29, 1.82) is 0 Å². The Hall–Kier alpha value is -0.120. The van der Waals surface area contributed by atoms with Crippen LogP contribution in [0.5, 0.6) is 0 Å². The third kappa shape index (κ3) is 5.25. The van der Waals surface area contributed by atoms with Crippen molar-refractivity contribution in [2.75, 3.05) is 26.7 Å². The van der Waals surface area contributed by atoms with Crippen molar-refractivity contribution < 1.29 is 4.74 Å². The Morgan fingerprint density at radius 1 is 1.39 bits per heavy atom. The van der Waals surface area contributed by atoms with Crippen LogP contribution < -0.4 is 5.32 Å². The number of ether oxygens (including phenoxy) is 1. The molecule has 1 fully saturated rings. The highest BCUT2D eigenvalue weighted by Crippen LogP contribution is 2.18. The highest BCUT2D eigenvalue weighted by molar-refractivity contribution is 4.85. The lowest BCUT2D eigenvalue weighted by Crippen LogP contribution is -2.56. The molecule has 1 rings (SSSR count). The third-order valence-electron chi connectivity index (χ3n) is 4.09. The van der Waals surface area contributed by atoms with Crippen LogP contribution in [0, 0.1) is 5.92 Å². The van der Waals surface area contributed by atoms with Gasteiger partial charge in [-0.2, -0.15) is 0 Å². The van der Waals surface area contributed by atoms with Crippen molar-refractivity contribution in [3.8, 4) is 0 Å². The minimum Gasteiger partial charge on any atom is -0.379 e. The van der Waals surface area contributed by atoms with Crippen LogP contribution in [0.1, 0.15) is 47.5 Å². The first-order chi connectivity index (χ1) is 8.34. The van der Waals surface area contributed by atoms with Crippen LogP contribution in [0.4, 0.5) is 0 Å². The molecule has 18 heavy (non-hydrogen) atoms. The van der Waals surface area contributed by atoms with E-state index in [0.717, 1.165) is 25.4 Å². The van der Waals surface area contributed by atoms with Crippen molar-refractivity contribution >= 4 is 0 Å². The second-order valence-corrected chi connectivity index (χ2v) is 6.79. The zero-order valence-electron chi connectivity index (χ0n) is 13.1. The van der Waals surface area contributed by atoms with E-state index in [2.05, 4.69) is 44.8 Å². The fourth-order valence-electron chi connectivity index (χ4n) is 2.55. The van der Waals surface area contributed by atoms with Crippen molar-refractivity contribution in [2.24, 2.45) is 5.92 Å². The summed E-state index contributed by atoms with van der Waals surface area (Å²) in [4.78, 5) is 2.62. The zero-order chi connectivity index (χ0) is 13.8. The molecule has 0 aromatic heterocycles. The highest BCUT2D eigenvalue weighted by atomic mass is 16.5. The van der Waals surface area contributed by atoms with Gasteiger partial charge in [-0.3, -0.25) is 4.90 Å². The zero-order valence-corrected chi connectivity index (χ0v) is 13.1. The Morgan fingerprint density at radius 3 is 2.61 bits per heavy atom. The maximum Gasteiger partial charge on any atom is 0.0634 e. The molecule has 2 unspecified atom stereocenters. The standard InChI is InChI=1S/C15H32N2O/c1-12(2)9-14-11-17(13(3)10-16-14)8-7-15(4,5)18-6/h12-14,16H,7-11H2,1-6H3. The van der Waals surface area contributed by atoms with Gasteiger partial charge in [-0.15, -0.1) is 0 Å². The number of methoxy groups -OCH3 is 1. The van der Waals surface area contributed by atoms with E-state index in [9.17, 15) is 0 Å². The number of hydrogen-bond donors (Lipinski definition) is 1. The van der Waals surface area contributed by atoms with E-state index in [1.165, 1.54) is 13.0 Å². The van der Waals surface area contributed by atoms with E-state index in [4.69, 9.17) is 4.74 Å². The van der Waals surface area contributed by atoms with Gasteiger partial charge in [-0.25, -0.2) is 0 Å². The molecule has 0 aromatic carbocycles. The van der Waals surface area contributed by atoms with E-state index >= 15 is 0 Å². The number of piperazine rings is 1. The van der Waals surface area contributed by atoms with Gasteiger partial charge in [0, 0.05) is 38.8 Å². The predicted molar refractivity (Wildman–Crippen MR) is 78.0 cm³/mol. The van der Waals surface area contributed by atoms with Gasteiger partial charge in [0.05, 0.1) is 5.60 Å². The van der Waals surface area contributed by atoms with E-state index < -0.39 is 0 Å². The lowest BCUT2D eigenvalue weighted by Gasteiger charge is -2.40. The lowest BCUT2D eigenvalue weighted by molar-refractivity contribution is 0.000404. The third-order valence-corrected chi connectivity index (χ3v) is 4.09. The van der Waals surface area contributed by atoms with Crippen molar-refractivity contribution in [3.63, 3.8) is 0 Å². The summed E-state index contributed by atoms with van der Waals surface area (Å²) in [7, 11) is 1.81. The van der Waals surface area contributed by atoms with Gasteiger partial charge >= 0.3 is 0 Å². The average molecular weight is 256 g/mol. The fraction of sp³-hybridized carbons (Fsp3) is 1.00. The first kappa shape index (κ1) is 15.9. The van der Waals surface area contributed by atoms with Crippen LogP contribution in [0.15, 0.2) is 0 Å². The first-order valence-electron chi connectivity index (χ1n) is 7.36. The molecule has 0 bridgehead atoms. The molecule has 0 aliphatic carbocycles. The molecule has 0 aromatic rings. The minimum absolute atomic E-state index is 0.00184. The monoisotopic (exact) mass is 256 g/mol. The molecule has 2 atom stereocenters. The van der Waals surface area contributed by atoms with Gasteiger partial charge in [0.15, 0.2) is 0 Å². The molecule has 0 amide bonds. The summed E-state index contributed by atoms with van der Waals surface area (Å²) in [5.41, 5.74) is -0.00184. The second-order valence-electron chi connectivity index (χ2n) is 6.79. The summed E-state index contributed by atoms with van der Waals surface area (Å²) in [5.74, 6) is 0.771. The average Bonchev–Trinajstić information content (AvgIpc) is 2.29. The summed E-state index contributed by atoms with van der Waals surface area (Å²) in [6, 6.07) is 1.30. The van der Waals surface area contributed by atoms with Crippen LogP contribution in [0.3, 0.4) is 0 Å². The summed E-state index contributed by atoms with van der Waals surface area (Å²) in [6.45, 7) is 14.7. The second kappa shape index (κ2) is 6.88. The predicted octanol–water partition coefficient (Wildman–Crippen LogP) is 2.51.